The fourth-order valence-corrected chi connectivity index (χ4v) is 0.977. The maximum atomic E-state index is 11.0. The Morgan fingerprint density at radius 3 is 2.36 bits per heavy atom. The molecule has 0 spiro atoms. The average molecular weight is 190 g/mol. The molecule has 1 aromatic carbocycles. The smallest absolute Gasteiger partial charge is 0.274 e. The van der Waals surface area contributed by atoms with Gasteiger partial charge in [0.25, 0.3) is 6.19 Å². The van der Waals surface area contributed by atoms with Crippen LogP contribution in [-0.4, -0.2) is 19.0 Å². The Morgan fingerprint density at radius 2 is 1.93 bits per heavy atom. The van der Waals surface area contributed by atoms with E-state index in [2.05, 4.69) is 5.11 Å². The van der Waals surface area contributed by atoms with Crippen molar-refractivity contribution in [2.75, 3.05) is 19.0 Å². The predicted octanol–water partition coefficient (Wildman–Crippen LogP) is 1.83. The maximum absolute atomic E-state index is 11.0. The van der Waals surface area contributed by atoms with Crippen LogP contribution in [0.25, 0.3) is 0 Å². The van der Waals surface area contributed by atoms with E-state index in [-0.39, 0.29) is 0 Å². The SMILES string of the molecule is CN(C)c1ccc([N+]([O-])=NC#N)cc1. The molecule has 0 bridgehead atoms. The van der Waals surface area contributed by atoms with Crippen LogP contribution in [0.15, 0.2) is 29.4 Å². The first-order valence-corrected chi connectivity index (χ1v) is 3.99. The van der Waals surface area contributed by atoms with Crippen molar-refractivity contribution in [1.29, 1.82) is 5.26 Å². The van der Waals surface area contributed by atoms with Crippen LogP contribution in [0.3, 0.4) is 0 Å². The zero-order valence-electron chi connectivity index (χ0n) is 8.01. The van der Waals surface area contributed by atoms with Crippen molar-refractivity contribution in [1.82, 2.24) is 0 Å². The molecule has 0 radical (unpaired) electrons. The summed E-state index contributed by atoms with van der Waals surface area (Å²) in [7, 11) is 3.81. The molecule has 0 aromatic heterocycles. The van der Waals surface area contributed by atoms with Gasteiger partial charge in [0.15, 0.2) is 0 Å². The third kappa shape index (κ3) is 2.20. The van der Waals surface area contributed by atoms with Crippen molar-refractivity contribution < 1.29 is 4.86 Å². The second-order valence-corrected chi connectivity index (χ2v) is 2.88. The van der Waals surface area contributed by atoms with E-state index in [4.69, 9.17) is 5.26 Å². The lowest BCUT2D eigenvalue weighted by atomic mass is 10.3. The molecule has 0 saturated carbocycles. The number of rotatable bonds is 2. The van der Waals surface area contributed by atoms with Crippen molar-refractivity contribution in [3.05, 3.63) is 29.5 Å². The van der Waals surface area contributed by atoms with Gasteiger partial charge in [-0.15, -0.1) is 0 Å². The molecule has 0 amide bonds. The lowest BCUT2D eigenvalue weighted by molar-refractivity contribution is -0.435. The van der Waals surface area contributed by atoms with Gasteiger partial charge >= 0.3 is 0 Å². The van der Waals surface area contributed by atoms with Gasteiger partial charge < -0.3 is 10.1 Å². The minimum Gasteiger partial charge on any atom is -0.593 e. The van der Waals surface area contributed by atoms with Gasteiger partial charge in [-0.25, -0.2) is 0 Å². The van der Waals surface area contributed by atoms with Crippen LogP contribution < -0.4 is 4.90 Å². The molecule has 0 saturated heterocycles. The maximum Gasteiger partial charge on any atom is 0.274 e. The highest BCUT2D eigenvalue weighted by Gasteiger charge is 2.03. The molecule has 1 rings (SSSR count). The molecule has 0 N–H and O–H groups in total. The summed E-state index contributed by atoms with van der Waals surface area (Å²) in [6, 6.07) is 6.80. The fourth-order valence-electron chi connectivity index (χ4n) is 0.977. The molecule has 5 nitrogen and oxygen atoms in total. The van der Waals surface area contributed by atoms with E-state index >= 15 is 0 Å². The molecule has 0 aliphatic rings. The van der Waals surface area contributed by atoms with Gasteiger partial charge in [-0.05, 0) is 17.0 Å². The quantitative estimate of drug-likeness (QED) is 0.309. The molecule has 0 atom stereocenters. The van der Waals surface area contributed by atoms with E-state index in [0.29, 0.717) is 10.5 Å². The number of benzene rings is 1. The summed E-state index contributed by atoms with van der Waals surface area (Å²) in [5.41, 5.74) is 1.33. The predicted molar refractivity (Wildman–Crippen MR) is 52.1 cm³/mol. The Hall–Kier alpha value is -2.09. The topological polar surface area (TPSA) is 65.5 Å². The Bertz CT molecular complexity index is 375. The van der Waals surface area contributed by atoms with Crippen molar-refractivity contribution in [2.45, 2.75) is 0 Å². The summed E-state index contributed by atoms with van der Waals surface area (Å²) in [6.07, 6.45) is 1.43. The molecule has 0 aliphatic carbocycles. The molecule has 0 heterocycles. The van der Waals surface area contributed by atoms with E-state index in [1.165, 1.54) is 6.19 Å². The first-order valence-electron chi connectivity index (χ1n) is 3.99. The normalized spacial score (nSPS) is 10.8. The Morgan fingerprint density at radius 1 is 1.36 bits per heavy atom. The van der Waals surface area contributed by atoms with Crippen LogP contribution in [0, 0.1) is 16.7 Å². The van der Waals surface area contributed by atoms with Crippen LogP contribution in [0.4, 0.5) is 11.4 Å². The van der Waals surface area contributed by atoms with Crippen LogP contribution in [0.1, 0.15) is 0 Å². The molecule has 72 valence electrons. The lowest BCUT2D eigenvalue weighted by Gasteiger charge is -2.11. The van der Waals surface area contributed by atoms with Crippen LogP contribution in [-0.2, 0) is 0 Å². The fraction of sp³-hybridized carbons (Fsp3) is 0.222. The second kappa shape index (κ2) is 4.23. The summed E-state index contributed by atoms with van der Waals surface area (Å²) in [6.45, 7) is 0. The van der Waals surface area contributed by atoms with Crippen molar-refractivity contribution in [3.63, 3.8) is 0 Å². The van der Waals surface area contributed by atoms with E-state index in [1.807, 2.05) is 19.0 Å². The minimum absolute atomic E-state index is 0.291. The van der Waals surface area contributed by atoms with Crippen molar-refractivity contribution in [2.24, 2.45) is 5.11 Å². The summed E-state index contributed by atoms with van der Waals surface area (Å²) in [5, 5.41) is 22.3. The third-order valence-corrected chi connectivity index (χ3v) is 1.72. The van der Waals surface area contributed by atoms with Crippen molar-refractivity contribution in [3.8, 4) is 6.19 Å². The van der Waals surface area contributed by atoms with Gasteiger partial charge in [0, 0.05) is 31.9 Å². The standard InChI is InChI=1S/C9H10N4O/c1-12(2)8-3-5-9(6-4-8)13(14)11-7-10/h3-6H,1-2H3. The monoisotopic (exact) mass is 190 g/mol. The number of anilines is 1. The number of hydrogen-bond acceptors (Lipinski definition) is 4. The Labute approximate surface area is 82.1 Å². The highest BCUT2D eigenvalue weighted by molar-refractivity contribution is 5.49. The van der Waals surface area contributed by atoms with E-state index in [9.17, 15) is 5.21 Å². The highest BCUT2D eigenvalue weighted by Crippen LogP contribution is 2.17. The first-order chi connectivity index (χ1) is 6.65. The molecule has 1 aromatic rings. The van der Waals surface area contributed by atoms with Crippen LogP contribution >= 0.6 is 0 Å². The number of nitrogens with zero attached hydrogens (tertiary/aromatic N) is 4. The number of hydrogen-bond donors (Lipinski definition) is 0. The zero-order chi connectivity index (χ0) is 10.6. The largest absolute Gasteiger partial charge is 0.593 e. The molecule has 0 aliphatic heterocycles. The van der Waals surface area contributed by atoms with E-state index in [1.54, 1.807) is 24.3 Å². The van der Waals surface area contributed by atoms with Gasteiger partial charge in [0.2, 0.25) is 5.69 Å². The zero-order valence-corrected chi connectivity index (χ0v) is 8.01. The second-order valence-electron chi connectivity index (χ2n) is 2.88. The molecule has 0 fully saturated rings. The van der Waals surface area contributed by atoms with Gasteiger partial charge in [0.05, 0.1) is 5.11 Å². The molecule has 0 unspecified atom stereocenters. The number of nitriles is 1. The van der Waals surface area contributed by atoms with Crippen LogP contribution in [0.5, 0.6) is 0 Å². The summed E-state index contributed by atoms with van der Waals surface area (Å²) >= 11 is 0. The molecule has 14 heavy (non-hydrogen) atoms. The summed E-state index contributed by atoms with van der Waals surface area (Å²) in [4.78, 5) is 2.21. The molecule has 5 heteroatoms. The van der Waals surface area contributed by atoms with Gasteiger partial charge in [-0.2, -0.15) is 5.26 Å². The Balaban J connectivity index is 2.95. The van der Waals surface area contributed by atoms with Gasteiger partial charge in [-0.1, -0.05) is 0 Å². The lowest BCUT2D eigenvalue weighted by Crippen LogP contribution is -2.08. The molecular weight excluding hydrogens is 180 g/mol. The highest BCUT2D eigenvalue weighted by atomic mass is 16.5. The average Bonchev–Trinajstić information content (AvgIpc) is 2.18. The van der Waals surface area contributed by atoms with Gasteiger partial charge in [-0.3, -0.25) is 0 Å². The summed E-state index contributed by atoms with van der Waals surface area (Å²) < 4.78 is 0. The third-order valence-electron chi connectivity index (χ3n) is 1.72. The number of azo groups is 1. The van der Waals surface area contributed by atoms with Crippen molar-refractivity contribution >= 4 is 11.4 Å². The molecular formula is C9H10N4O. The first kappa shape index (κ1) is 9.99. The van der Waals surface area contributed by atoms with E-state index in [0.717, 1.165) is 5.69 Å². The van der Waals surface area contributed by atoms with E-state index < -0.39 is 0 Å². The minimum atomic E-state index is 0.291. The van der Waals surface area contributed by atoms with Crippen LogP contribution in [0.2, 0.25) is 0 Å². The van der Waals surface area contributed by atoms with Gasteiger partial charge in [0.1, 0.15) is 0 Å². The Kier molecular flexibility index (Phi) is 3.02. The summed E-state index contributed by atoms with van der Waals surface area (Å²) in [5.74, 6) is 0.